The summed E-state index contributed by atoms with van der Waals surface area (Å²) in [6, 6.07) is 6.28. The molecule has 0 saturated heterocycles. The summed E-state index contributed by atoms with van der Waals surface area (Å²) in [5.74, 6) is 2.60. The molecular formula is C15H17ClN2O2. The van der Waals surface area contributed by atoms with Gasteiger partial charge in [0.1, 0.15) is 5.75 Å². The molecule has 1 aliphatic carbocycles. The molecule has 0 N–H and O–H groups in total. The third-order valence-corrected chi connectivity index (χ3v) is 3.73. The summed E-state index contributed by atoms with van der Waals surface area (Å²) in [6.45, 7) is 0.312. The molecule has 0 amide bonds. The van der Waals surface area contributed by atoms with E-state index in [9.17, 15) is 0 Å². The molecule has 0 radical (unpaired) electrons. The Bertz CT molecular complexity index is 583. The van der Waals surface area contributed by atoms with Crippen LogP contribution in [0.25, 0.3) is 0 Å². The lowest BCUT2D eigenvalue weighted by Gasteiger charge is -2.05. The van der Waals surface area contributed by atoms with Crippen LogP contribution in [0, 0.1) is 0 Å². The zero-order valence-electron chi connectivity index (χ0n) is 11.3. The Kier molecular flexibility index (Phi) is 4.21. The molecule has 4 nitrogen and oxygen atoms in total. The van der Waals surface area contributed by atoms with E-state index in [1.165, 1.54) is 24.0 Å². The van der Waals surface area contributed by atoms with Crippen molar-refractivity contribution >= 4 is 11.6 Å². The fourth-order valence-electron chi connectivity index (χ4n) is 2.45. The lowest BCUT2D eigenvalue weighted by molar-refractivity contribution is 0.258. The maximum absolute atomic E-state index is 5.71. The number of aromatic nitrogens is 2. The normalized spacial score (nSPS) is 13.4. The number of hydrogen-bond donors (Lipinski definition) is 0. The fourth-order valence-corrected chi connectivity index (χ4v) is 2.58. The highest BCUT2D eigenvalue weighted by molar-refractivity contribution is 6.17. The number of benzene rings is 1. The van der Waals surface area contributed by atoms with E-state index in [-0.39, 0.29) is 0 Å². The van der Waals surface area contributed by atoms with E-state index in [0.29, 0.717) is 24.3 Å². The molecule has 1 aromatic carbocycles. The lowest BCUT2D eigenvalue weighted by Crippen LogP contribution is -1.96. The lowest BCUT2D eigenvalue weighted by atomic mass is 10.1. The molecule has 1 aromatic heterocycles. The Morgan fingerprint density at radius 1 is 1.15 bits per heavy atom. The van der Waals surface area contributed by atoms with Gasteiger partial charge in [0, 0.05) is 12.3 Å². The molecule has 2 aromatic rings. The number of ether oxygens (including phenoxy) is 1. The molecule has 0 aliphatic heterocycles. The van der Waals surface area contributed by atoms with Crippen LogP contribution in [0.3, 0.4) is 0 Å². The van der Waals surface area contributed by atoms with Gasteiger partial charge >= 0.3 is 0 Å². The average molecular weight is 293 g/mol. The van der Waals surface area contributed by atoms with E-state index in [0.717, 1.165) is 25.0 Å². The first-order valence-corrected chi connectivity index (χ1v) is 7.50. The highest BCUT2D eigenvalue weighted by Crippen LogP contribution is 2.26. The minimum atomic E-state index is 0.312. The topological polar surface area (TPSA) is 48.2 Å². The molecule has 0 atom stereocenters. The third kappa shape index (κ3) is 3.12. The first-order chi connectivity index (χ1) is 9.85. The zero-order valence-corrected chi connectivity index (χ0v) is 12.0. The summed E-state index contributed by atoms with van der Waals surface area (Å²) in [5, 5.41) is 7.94. The number of hydrogen-bond acceptors (Lipinski definition) is 4. The molecule has 20 heavy (non-hydrogen) atoms. The molecule has 0 bridgehead atoms. The first-order valence-electron chi connectivity index (χ1n) is 6.97. The van der Waals surface area contributed by atoms with Crippen molar-refractivity contribution in [1.29, 1.82) is 0 Å². The van der Waals surface area contributed by atoms with E-state index >= 15 is 0 Å². The molecule has 0 unspecified atom stereocenters. The van der Waals surface area contributed by atoms with Crippen molar-refractivity contribution in [2.75, 3.05) is 5.88 Å². The predicted molar refractivity (Wildman–Crippen MR) is 76.1 cm³/mol. The van der Waals surface area contributed by atoms with Gasteiger partial charge in [-0.15, -0.1) is 21.8 Å². The van der Waals surface area contributed by atoms with Gasteiger partial charge in [-0.05, 0) is 48.9 Å². The molecule has 0 fully saturated rings. The van der Waals surface area contributed by atoms with Gasteiger partial charge in [0.05, 0.1) is 0 Å². The Balaban J connectivity index is 1.57. The van der Waals surface area contributed by atoms with Gasteiger partial charge in [-0.3, -0.25) is 0 Å². The molecule has 1 aliphatic rings. The van der Waals surface area contributed by atoms with E-state index in [2.05, 4.69) is 22.3 Å². The summed E-state index contributed by atoms with van der Waals surface area (Å²) < 4.78 is 11.2. The Morgan fingerprint density at radius 2 is 2.00 bits per heavy atom. The maximum atomic E-state index is 5.71. The monoisotopic (exact) mass is 292 g/mol. The SMILES string of the molecule is ClCCCc1nnc(COc2ccc3c(c2)CCC3)o1. The standard InChI is InChI=1S/C15H17ClN2O2/c16-8-2-5-14-17-18-15(20-14)10-19-13-7-6-11-3-1-4-12(11)9-13/h6-7,9H,1-5,8,10H2. The minimum absolute atomic E-state index is 0.312. The van der Waals surface area contributed by atoms with Crippen molar-refractivity contribution in [2.24, 2.45) is 0 Å². The molecule has 0 spiro atoms. The van der Waals surface area contributed by atoms with Crippen LogP contribution in [0.15, 0.2) is 22.6 Å². The smallest absolute Gasteiger partial charge is 0.253 e. The minimum Gasteiger partial charge on any atom is -0.484 e. The van der Waals surface area contributed by atoms with E-state index in [4.69, 9.17) is 20.8 Å². The Morgan fingerprint density at radius 3 is 2.90 bits per heavy atom. The van der Waals surface area contributed by atoms with Gasteiger partial charge in [-0.1, -0.05) is 6.07 Å². The molecule has 0 saturated carbocycles. The van der Waals surface area contributed by atoms with Gasteiger partial charge < -0.3 is 9.15 Å². The van der Waals surface area contributed by atoms with Crippen LogP contribution in [-0.2, 0) is 25.9 Å². The van der Waals surface area contributed by atoms with Crippen LogP contribution in [0.1, 0.15) is 35.7 Å². The highest BCUT2D eigenvalue weighted by Gasteiger charge is 2.12. The highest BCUT2D eigenvalue weighted by atomic mass is 35.5. The molecule has 5 heteroatoms. The van der Waals surface area contributed by atoms with Crippen molar-refractivity contribution in [3.05, 3.63) is 41.1 Å². The van der Waals surface area contributed by atoms with Crippen molar-refractivity contribution < 1.29 is 9.15 Å². The summed E-state index contributed by atoms with van der Waals surface area (Å²) in [6.07, 6.45) is 5.13. The Hall–Kier alpha value is -1.55. The van der Waals surface area contributed by atoms with Gasteiger partial charge in [0.2, 0.25) is 5.89 Å². The fraction of sp³-hybridized carbons (Fsp3) is 0.467. The summed E-state index contributed by atoms with van der Waals surface area (Å²) in [5.41, 5.74) is 2.84. The second-order valence-electron chi connectivity index (χ2n) is 4.95. The summed E-state index contributed by atoms with van der Waals surface area (Å²) in [4.78, 5) is 0. The zero-order chi connectivity index (χ0) is 13.8. The number of rotatable bonds is 6. The number of aryl methyl sites for hydroxylation is 3. The first kappa shape index (κ1) is 13.4. The van der Waals surface area contributed by atoms with Gasteiger partial charge in [0.15, 0.2) is 6.61 Å². The largest absolute Gasteiger partial charge is 0.484 e. The van der Waals surface area contributed by atoms with Crippen molar-refractivity contribution in [2.45, 2.75) is 38.7 Å². The quantitative estimate of drug-likeness (QED) is 0.767. The number of fused-ring (bicyclic) bond motifs is 1. The van der Waals surface area contributed by atoms with E-state index in [1.807, 2.05) is 6.07 Å². The molecular weight excluding hydrogens is 276 g/mol. The van der Waals surface area contributed by atoms with Gasteiger partial charge in [0.25, 0.3) is 5.89 Å². The molecule has 3 rings (SSSR count). The van der Waals surface area contributed by atoms with Crippen LogP contribution >= 0.6 is 11.6 Å². The molecule has 106 valence electrons. The van der Waals surface area contributed by atoms with E-state index in [1.54, 1.807) is 0 Å². The van der Waals surface area contributed by atoms with Crippen LogP contribution in [-0.4, -0.2) is 16.1 Å². The van der Waals surface area contributed by atoms with Crippen LogP contribution in [0.4, 0.5) is 0 Å². The maximum Gasteiger partial charge on any atom is 0.253 e. The average Bonchev–Trinajstić information content (AvgIpc) is 3.11. The van der Waals surface area contributed by atoms with Crippen LogP contribution < -0.4 is 4.74 Å². The number of alkyl halides is 1. The second kappa shape index (κ2) is 6.27. The van der Waals surface area contributed by atoms with Crippen molar-refractivity contribution in [1.82, 2.24) is 10.2 Å². The number of nitrogens with zero attached hydrogens (tertiary/aromatic N) is 2. The van der Waals surface area contributed by atoms with Crippen LogP contribution in [0.2, 0.25) is 0 Å². The van der Waals surface area contributed by atoms with Gasteiger partial charge in [-0.2, -0.15) is 0 Å². The van der Waals surface area contributed by atoms with Crippen molar-refractivity contribution in [3.8, 4) is 5.75 Å². The van der Waals surface area contributed by atoms with E-state index < -0.39 is 0 Å². The third-order valence-electron chi connectivity index (χ3n) is 3.47. The second-order valence-corrected chi connectivity index (χ2v) is 5.33. The number of halogens is 1. The summed E-state index contributed by atoms with van der Waals surface area (Å²) >= 11 is 5.63. The summed E-state index contributed by atoms with van der Waals surface area (Å²) in [7, 11) is 0. The molecule has 1 heterocycles. The van der Waals surface area contributed by atoms with Crippen LogP contribution in [0.5, 0.6) is 5.75 Å². The van der Waals surface area contributed by atoms with Gasteiger partial charge in [-0.25, -0.2) is 0 Å². The van der Waals surface area contributed by atoms with Crippen molar-refractivity contribution in [3.63, 3.8) is 0 Å². The predicted octanol–water partition coefficient (Wildman–Crippen LogP) is 3.31. The Labute approximate surface area is 123 Å².